The number of fused-ring (bicyclic) bond motifs is 1. The Hall–Kier alpha value is -3.65. The van der Waals surface area contributed by atoms with Crippen LogP contribution in [0.5, 0.6) is 0 Å². The number of amides is 1. The van der Waals surface area contributed by atoms with E-state index < -0.39 is 0 Å². The minimum Gasteiger partial charge on any atom is -0.365 e. The van der Waals surface area contributed by atoms with Crippen LogP contribution in [0.2, 0.25) is 0 Å². The van der Waals surface area contributed by atoms with E-state index in [0.717, 1.165) is 17.7 Å². The van der Waals surface area contributed by atoms with E-state index in [1.54, 1.807) is 30.5 Å². The van der Waals surface area contributed by atoms with Crippen molar-refractivity contribution in [3.63, 3.8) is 0 Å². The van der Waals surface area contributed by atoms with Gasteiger partial charge in [0.15, 0.2) is 0 Å². The molecule has 0 atom stereocenters. The fourth-order valence-electron chi connectivity index (χ4n) is 3.30. The largest absolute Gasteiger partial charge is 0.365 e. The topological polar surface area (TPSA) is 69.0 Å². The van der Waals surface area contributed by atoms with E-state index in [-0.39, 0.29) is 5.91 Å². The number of nitrogens with one attached hydrogen (secondary N) is 1. The molecule has 132 valence electrons. The Morgan fingerprint density at radius 3 is 2.74 bits per heavy atom. The molecule has 0 saturated carbocycles. The summed E-state index contributed by atoms with van der Waals surface area (Å²) in [5.74, 6) is 0.520. The van der Waals surface area contributed by atoms with Gasteiger partial charge in [0.05, 0.1) is 17.2 Å². The summed E-state index contributed by atoms with van der Waals surface area (Å²) < 4.78 is 0. The SMILES string of the molecule is N#Cc1ccc(CNc2ncccc2C(=O)N2CCc3ccccc32)cc1. The van der Waals surface area contributed by atoms with Gasteiger partial charge in [0.1, 0.15) is 5.82 Å². The second-order valence-electron chi connectivity index (χ2n) is 6.40. The van der Waals surface area contributed by atoms with Crippen LogP contribution in [-0.2, 0) is 13.0 Å². The number of nitrogens with zero attached hydrogens (tertiary/aromatic N) is 3. The van der Waals surface area contributed by atoms with Crippen molar-refractivity contribution in [1.82, 2.24) is 4.98 Å². The summed E-state index contributed by atoms with van der Waals surface area (Å²) in [7, 11) is 0. The Labute approximate surface area is 157 Å². The molecule has 1 aliphatic heterocycles. The van der Waals surface area contributed by atoms with Crippen molar-refractivity contribution in [3.05, 3.63) is 89.1 Å². The minimum absolute atomic E-state index is 0.0459. The van der Waals surface area contributed by atoms with Crippen LogP contribution >= 0.6 is 0 Å². The number of pyridine rings is 1. The van der Waals surface area contributed by atoms with Gasteiger partial charge in [-0.1, -0.05) is 30.3 Å². The molecule has 4 rings (SSSR count). The third-order valence-corrected chi connectivity index (χ3v) is 4.71. The van der Waals surface area contributed by atoms with Gasteiger partial charge >= 0.3 is 0 Å². The van der Waals surface area contributed by atoms with Gasteiger partial charge in [0.2, 0.25) is 0 Å². The molecule has 1 aliphatic rings. The monoisotopic (exact) mass is 354 g/mol. The number of aromatic nitrogens is 1. The summed E-state index contributed by atoms with van der Waals surface area (Å²) in [5.41, 5.74) is 4.37. The minimum atomic E-state index is -0.0459. The van der Waals surface area contributed by atoms with Crippen molar-refractivity contribution in [3.8, 4) is 6.07 Å². The lowest BCUT2D eigenvalue weighted by Crippen LogP contribution is -2.29. The average molecular weight is 354 g/mol. The van der Waals surface area contributed by atoms with Crippen molar-refractivity contribution in [2.45, 2.75) is 13.0 Å². The Bertz CT molecular complexity index is 1020. The zero-order valence-electron chi connectivity index (χ0n) is 14.7. The molecule has 5 nitrogen and oxygen atoms in total. The van der Waals surface area contributed by atoms with Crippen LogP contribution in [0.1, 0.15) is 27.0 Å². The molecular weight excluding hydrogens is 336 g/mol. The number of para-hydroxylation sites is 1. The predicted molar refractivity (Wildman–Crippen MR) is 105 cm³/mol. The molecule has 0 aliphatic carbocycles. The smallest absolute Gasteiger partial charge is 0.262 e. The second-order valence-corrected chi connectivity index (χ2v) is 6.40. The molecule has 0 saturated heterocycles. The molecule has 0 fully saturated rings. The van der Waals surface area contributed by atoms with Gasteiger partial charge in [-0.2, -0.15) is 5.26 Å². The molecule has 2 aromatic carbocycles. The Balaban J connectivity index is 1.54. The molecule has 5 heteroatoms. The Kier molecular flexibility index (Phi) is 4.54. The number of hydrogen-bond donors (Lipinski definition) is 1. The van der Waals surface area contributed by atoms with Crippen LogP contribution in [0.3, 0.4) is 0 Å². The first kappa shape index (κ1) is 16.8. The molecule has 1 aromatic heterocycles. The van der Waals surface area contributed by atoms with Crippen molar-refractivity contribution in [1.29, 1.82) is 5.26 Å². The Morgan fingerprint density at radius 2 is 1.93 bits per heavy atom. The van der Waals surface area contributed by atoms with E-state index in [0.29, 0.717) is 30.0 Å². The molecular formula is C22H18N4O. The van der Waals surface area contributed by atoms with E-state index in [1.165, 1.54) is 5.56 Å². The average Bonchev–Trinajstić information content (AvgIpc) is 3.16. The van der Waals surface area contributed by atoms with Crippen LogP contribution in [0, 0.1) is 11.3 Å². The molecule has 1 N–H and O–H groups in total. The summed E-state index contributed by atoms with van der Waals surface area (Å²) in [6.45, 7) is 1.21. The van der Waals surface area contributed by atoms with Gasteiger partial charge in [0.25, 0.3) is 5.91 Å². The highest BCUT2D eigenvalue weighted by molar-refractivity contribution is 6.10. The summed E-state index contributed by atoms with van der Waals surface area (Å²) in [6.07, 6.45) is 2.55. The zero-order valence-corrected chi connectivity index (χ0v) is 14.7. The summed E-state index contributed by atoms with van der Waals surface area (Å²) >= 11 is 0. The third kappa shape index (κ3) is 3.38. The maximum absolute atomic E-state index is 13.1. The van der Waals surface area contributed by atoms with Crippen molar-refractivity contribution < 1.29 is 4.79 Å². The van der Waals surface area contributed by atoms with Crippen molar-refractivity contribution in [2.24, 2.45) is 0 Å². The van der Waals surface area contributed by atoms with E-state index in [4.69, 9.17) is 5.26 Å². The van der Waals surface area contributed by atoms with Crippen LogP contribution < -0.4 is 10.2 Å². The summed E-state index contributed by atoms with van der Waals surface area (Å²) in [4.78, 5) is 19.3. The van der Waals surface area contributed by atoms with Crippen LogP contribution in [-0.4, -0.2) is 17.4 Å². The van der Waals surface area contributed by atoms with Crippen molar-refractivity contribution in [2.75, 3.05) is 16.8 Å². The first-order valence-electron chi connectivity index (χ1n) is 8.84. The first-order valence-corrected chi connectivity index (χ1v) is 8.84. The lowest BCUT2D eigenvalue weighted by atomic mass is 10.1. The van der Waals surface area contributed by atoms with Crippen molar-refractivity contribution >= 4 is 17.4 Å². The quantitative estimate of drug-likeness (QED) is 0.774. The standard InChI is InChI=1S/C22H18N4O/c23-14-16-7-9-17(10-8-16)15-25-21-19(5-3-12-24-21)22(27)26-13-11-18-4-1-2-6-20(18)26/h1-10,12H,11,13,15H2,(H,24,25). The molecule has 3 aromatic rings. The molecule has 0 bridgehead atoms. The lowest BCUT2D eigenvalue weighted by molar-refractivity contribution is 0.0990. The lowest BCUT2D eigenvalue weighted by Gasteiger charge is -2.19. The van der Waals surface area contributed by atoms with Crippen LogP contribution in [0.15, 0.2) is 66.9 Å². The maximum atomic E-state index is 13.1. The summed E-state index contributed by atoms with van der Waals surface area (Å²) in [6, 6.07) is 21.1. The van der Waals surface area contributed by atoms with E-state index in [1.807, 2.05) is 35.2 Å². The molecule has 1 amide bonds. The second kappa shape index (κ2) is 7.30. The molecule has 27 heavy (non-hydrogen) atoms. The van der Waals surface area contributed by atoms with Gasteiger partial charge in [-0.25, -0.2) is 4.98 Å². The van der Waals surface area contributed by atoms with Gasteiger partial charge < -0.3 is 10.2 Å². The highest BCUT2D eigenvalue weighted by atomic mass is 16.2. The summed E-state index contributed by atoms with van der Waals surface area (Å²) in [5, 5.41) is 12.1. The first-order chi connectivity index (χ1) is 13.3. The highest BCUT2D eigenvalue weighted by Crippen LogP contribution is 2.30. The number of rotatable bonds is 4. The highest BCUT2D eigenvalue weighted by Gasteiger charge is 2.26. The predicted octanol–water partition coefficient (Wildman–Crippen LogP) is 3.77. The zero-order chi connectivity index (χ0) is 18.6. The fourth-order valence-corrected chi connectivity index (χ4v) is 3.30. The van der Waals surface area contributed by atoms with E-state index >= 15 is 0 Å². The molecule has 0 radical (unpaired) electrons. The van der Waals surface area contributed by atoms with Gasteiger partial charge in [-0.05, 0) is 47.9 Å². The third-order valence-electron chi connectivity index (χ3n) is 4.71. The molecule has 0 unspecified atom stereocenters. The number of carbonyl (C=O) groups is 1. The van der Waals surface area contributed by atoms with Gasteiger partial charge in [0, 0.05) is 25.0 Å². The number of hydrogen-bond acceptors (Lipinski definition) is 4. The fraction of sp³-hybridized carbons (Fsp3) is 0.136. The molecule has 0 spiro atoms. The van der Waals surface area contributed by atoms with E-state index in [2.05, 4.69) is 22.4 Å². The van der Waals surface area contributed by atoms with Crippen LogP contribution in [0.4, 0.5) is 11.5 Å². The van der Waals surface area contributed by atoms with Gasteiger partial charge in [-0.3, -0.25) is 4.79 Å². The van der Waals surface area contributed by atoms with E-state index in [9.17, 15) is 4.79 Å². The molecule has 2 heterocycles. The number of nitriles is 1. The maximum Gasteiger partial charge on any atom is 0.262 e. The normalized spacial score (nSPS) is 12.3. The Morgan fingerprint density at radius 1 is 1.11 bits per heavy atom. The number of anilines is 2. The number of benzene rings is 2. The van der Waals surface area contributed by atoms with Crippen LogP contribution in [0.25, 0.3) is 0 Å². The number of carbonyl (C=O) groups excluding carboxylic acids is 1. The van der Waals surface area contributed by atoms with Gasteiger partial charge in [-0.15, -0.1) is 0 Å².